The fraction of sp³-hybridized carbons (Fsp3) is 0.333. The molecule has 22 heavy (non-hydrogen) atoms. The van der Waals surface area contributed by atoms with Gasteiger partial charge in [0.2, 0.25) is 5.95 Å². The van der Waals surface area contributed by atoms with Crippen molar-refractivity contribution in [1.29, 1.82) is 0 Å². The Morgan fingerprint density at radius 1 is 1.32 bits per heavy atom. The van der Waals surface area contributed by atoms with E-state index in [-0.39, 0.29) is 5.78 Å². The summed E-state index contributed by atoms with van der Waals surface area (Å²) in [7, 11) is 4.00. The molecule has 1 aromatic carbocycles. The predicted octanol–water partition coefficient (Wildman–Crippen LogP) is 1.79. The highest BCUT2D eigenvalue weighted by molar-refractivity contribution is 5.95. The van der Waals surface area contributed by atoms with Crippen molar-refractivity contribution in [3.63, 3.8) is 0 Å². The van der Waals surface area contributed by atoms with Gasteiger partial charge in [-0.15, -0.1) is 5.10 Å². The van der Waals surface area contributed by atoms with Gasteiger partial charge in [-0.2, -0.15) is 10.1 Å². The quantitative estimate of drug-likeness (QED) is 0.754. The first-order chi connectivity index (χ1) is 10.5. The Labute approximate surface area is 129 Å². The highest BCUT2D eigenvalue weighted by Gasteiger charge is 2.03. The summed E-state index contributed by atoms with van der Waals surface area (Å²) in [5.41, 5.74) is 1.43. The van der Waals surface area contributed by atoms with Gasteiger partial charge in [0, 0.05) is 24.3 Å². The number of ketones is 1. The third kappa shape index (κ3) is 4.78. The van der Waals surface area contributed by atoms with Gasteiger partial charge >= 0.3 is 0 Å². The number of hydrogen-bond donors (Lipinski definition) is 2. The average molecular weight is 300 g/mol. The molecular weight excluding hydrogens is 280 g/mol. The first-order valence-electron chi connectivity index (χ1n) is 7.01. The van der Waals surface area contributed by atoms with Crippen molar-refractivity contribution in [2.24, 2.45) is 0 Å². The SMILES string of the molecule is CC(=O)c1cccc(Nc2cnnc(NCCN(C)C)n2)c1. The Hall–Kier alpha value is -2.54. The predicted molar refractivity (Wildman–Crippen MR) is 86.6 cm³/mol. The second kappa shape index (κ2) is 7.46. The molecule has 7 nitrogen and oxygen atoms in total. The van der Waals surface area contributed by atoms with Crippen LogP contribution in [-0.2, 0) is 0 Å². The average Bonchev–Trinajstić information content (AvgIpc) is 2.47. The normalized spacial score (nSPS) is 10.5. The maximum atomic E-state index is 11.4. The molecule has 0 aliphatic heterocycles. The van der Waals surface area contributed by atoms with Gasteiger partial charge in [0.25, 0.3) is 0 Å². The van der Waals surface area contributed by atoms with Gasteiger partial charge in [-0.1, -0.05) is 12.1 Å². The summed E-state index contributed by atoms with van der Waals surface area (Å²) in [5, 5.41) is 14.1. The number of carbonyl (C=O) groups excluding carboxylic acids is 1. The van der Waals surface area contributed by atoms with Crippen LogP contribution in [-0.4, -0.2) is 53.0 Å². The maximum absolute atomic E-state index is 11.4. The molecule has 1 aromatic heterocycles. The zero-order valence-corrected chi connectivity index (χ0v) is 13.0. The molecule has 1 heterocycles. The Bertz CT molecular complexity index is 643. The van der Waals surface area contributed by atoms with Crippen LogP contribution in [0.1, 0.15) is 17.3 Å². The van der Waals surface area contributed by atoms with E-state index in [1.807, 2.05) is 26.2 Å². The summed E-state index contributed by atoms with van der Waals surface area (Å²) in [6.07, 6.45) is 1.54. The number of Topliss-reactive ketones (excluding diaryl/α,β-unsaturated/α-hetero) is 1. The number of aromatic nitrogens is 3. The van der Waals surface area contributed by atoms with E-state index in [4.69, 9.17) is 0 Å². The van der Waals surface area contributed by atoms with Crippen LogP contribution in [0.25, 0.3) is 0 Å². The van der Waals surface area contributed by atoms with Gasteiger partial charge in [0.15, 0.2) is 11.6 Å². The molecule has 0 spiro atoms. The minimum atomic E-state index is 0.0236. The van der Waals surface area contributed by atoms with E-state index in [9.17, 15) is 4.79 Å². The molecule has 0 atom stereocenters. The molecule has 0 aliphatic carbocycles. The molecule has 0 amide bonds. The first-order valence-corrected chi connectivity index (χ1v) is 7.01. The van der Waals surface area contributed by atoms with Crippen LogP contribution in [0.15, 0.2) is 30.5 Å². The van der Waals surface area contributed by atoms with Crippen molar-refractivity contribution in [2.75, 3.05) is 37.8 Å². The third-order valence-corrected chi connectivity index (χ3v) is 2.94. The number of nitrogens with one attached hydrogen (secondary N) is 2. The van der Waals surface area contributed by atoms with Gasteiger partial charge in [-0.25, -0.2) is 0 Å². The minimum Gasteiger partial charge on any atom is -0.352 e. The lowest BCUT2D eigenvalue weighted by Gasteiger charge is -2.11. The van der Waals surface area contributed by atoms with Crippen molar-refractivity contribution >= 4 is 23.2 Å². The lowest BCUT2D eigenvalue weighted by molar-refractivity contribution is 0.101. The molecule has 0 saturated carbocycles. The molecule has 2 N–H and O–H groups in total. The topological polar surface area (TPSA) is 83.0 Å². The van der Waals surface area contributed by atoms with Crippen molar-refractivity contribution in [1.82, 2.24) is 20.1 Å². The molecule has 2 rings (SSSR count). The highest BCUT2D eigenvalue weighted by atomic mass is 16.1. The number of likely N-dealkylation sites (N-methyl/N-ethyl adjacent to an activating group) is 1. The Morgan fingerprint density at radius 3 is 2.86 bits per heavy atom. The third-order valence-electron chi connectivity index (χ3n) is 2.94. The molecule has 0 unspecified atom stereocenters. The van der Waals surface area contributed by atoms with Crippen molar-refractivity contribution in [3.05, 3.63) is 36.0 Å². The van der Waals surface area contributed by atoms with Crippen LogP contribution >= 0.6 is 0 Å². The highest BCUT2D eigenvalue weighted by Crippen LogP contribution is 2.16. The summed E-state index contributed by atoms with van der Waals surface area (Å²) in [6.45, 7) is 3.15. The van der Waals surface area contributed by atoms with Crippen LogP contribution in [0.2, 0.25) is 0 Å². The second-order valence-corrected chi connectivity index (χ2v) is 5.16. The number of nitrogens with zero attached hydrogens (tertiary/aromatic N) is 4. The van der Waals surface area contributed by atoms with Crippen LogP contribution < -0.4 is 10.6 Å². The molecule has 0 radical (unpaired) electrons. The van der Waals surface area contributed by atoms with Crippen molar-refractivity contribution < 1.29 is 4.79 Å². The van der Waals surface area contributed by atoms with Crippen molar-refractivity contribution in [2.45, 2.75) is 6.92 Å². The van der Waals surface area contributed by atoms with Gasteiger partial charge in [0.05, 0.1) is 6.20 Å². The molecular formula is C15H20N6O. The van der Waals surface area contributed by atoms with Crippen LogP contribution in [0.4, 0.5) is 17.5 Å². The van der Waals surface area contributed by atoms with Gasteiger partial charge in [0.1, 0.15) is 0 Å². The van der Waals surface area contributed by atoms with E-state index in [2.05, 4.69) is 30.7 Å². The number of hydrogen-bond acceptors (Lipinski definition) is 7. The zero-order chi connectivity index (χ0) is 15.9. The molecule has 0 fully saturated rings. The lowest BCUT2D eigenvalue weighted by atomic mass is 10.1. The fourth-order valence-corrected chi connectivity index (χ4v) is 1.79. The second-order valence-electron chi connectivity index (χ2n) is 5.16. The summed E-state index contributed by atoms with van der Waals surface area (Å²) in [4.78, 5) is 17.8. The fourth-order valence-electron chi connectivity index (χ4n) is 1.79. The van der Waals surface area contributed by atoms with E-state index in [0.717, 1.165) is 18.8 Å². The van der Waals surface area contributed by atoms with E-state index >= 15 is 0 Å². The van der Waals surface area contributed by atoms with E-state index in [1.54, 1.807) is 12.1 Å². The molecule has 0 aliphatic rings. The number of rotatable bonds is 7. The largest absolute Gasteiger partial charge is 0.352 e. The Morgan fingerprint density at radius 2 is 2.14 bits per heavy atom. The monoisotopic (exact) mass is 300 g/mol. The molecule has 0 saturated heterocycles. The van der Waals surface area contributed by atoms with Crippen LogP contribution in [0, 0.1) is 0 Å². The van der Waals surface area contributed by atoms with E-state index < -0.39 is 0 Å². The molecule has 7 heteroatoms. The summed E-state index contributed by atoms with van der Waals surface area (Å²) in [5.74, 6) is 1.06. The summed E-state index contributed by atoms with van der Waals surface area (Å²) >= 11 is 0. The van der Waals surface area contributed by atoms with E-state index in [1.165, 1.54) is 13.1 Å². The van der Waals surface area contributed by atoms with Gasteiger partial charge < -0.3 is 15.5 Å². The van der Waals surface area contributed by atoms with Gasteiger partial charge in [-0.05, 0) is 33.2 Å². The van der Waals surface area contributed by atoms with Crippen LogP contribution in [0.3, 0.4) is 0 Å². The zero-order valence-electron chi connectivity index (χ0n) is 13.0. The summed E-state index contributed by atoms with van der Waals surface area (Å²) < 4.78 is 0. The molecule has 116 valence electrons. The molecule has 0 bridgehead atoms. The maximum Gasteiger partial charge on any atom is 0.244 e. The van der Waals surface area contributed by atoms with Crippen LogP contribution in [0.5, 0.6) is 0 Å². The smallest absolute Gasteiger partial charge is 0.244 e. The van der Waals surface area contributed by atoms with E-state index in [0.29, 0.717) is 17.3 Å². The van der Waals surface area contributed by atoms with Crippen molar-refractivity contribution in [3.8, 4) is 0 Å². The lowest BCUT2D eigenvalue weighted by Crippen LogP contribution is -2.21. The standard InChI is InChI=1S/C15H20N6O/c1-11(22)12-5-4-6-13(9-12)18-14-10-17-20-15(19-14)16-7-8-21(2)3/h4-6,9-10H,7-8H2,1-3H3,(H2,16,18,19,20). The van der Waals surface area contributed by atoms with Gasteiger partial charge in [-0.3, -0.25) is 4.79 Å². The number of benzene rings is 1. The number of carbonyl (C=O) groups is 1. The molecule has 2 aromatic rings. The first kappa shape index (κ1) is 15.8. The Balaban J connectivity index is 2.03. The Kier molecular flexibility index (Phi) is 5.37. The number of anilines is 3. The minimum absolute atomic E-state index is 0.0236. The summed E-state index contributed by atoms with van der Waals surface area (Å²) in [6, 6.07) is 7.25.